The van der Waals surface area contributed by atoms with Gasteiger partial charge < -0.3 is 0 Å². The van der Waals surface area contributed by atoms with Gasteiger partial charge in [0.15, 0.2) is 0 Å². The van der Waals surface area contributed by atoms with Crippen LogP contribution in [0, 0.1) is 34.0 Å². The van der Waals surface area contributed by atoms with Crippen LogP contribution in [0.3, 0.4) is 0 Å². The molecular formula is C33H22N4O2S. The van der Waals surface area contributed by atoms with Crippen LogP contribution in [-0.4, -0.2) is 4.57 Å². The minimum Gasteiger partial charge on any atom is -0.268 e. The van der Waals surface area contributed by atoms with E-state index in [1.807, 2.05) is 45.9 Å². The largest absolute Gasteiger partial charge is 0.268 e. The summed E-state index contributed by atoms with van der Waals surface area (Å²) in [5.74, 6) is 0.0790. The van der Waals surface area contributed by atoms with E-state index in [4.69, 9.17) is 0 Å². The molecule has 6 aromatic rings. The molecule has 0 fully saturated rings. The molecule has 7 heteroatoms. The molecule has 0 atom stereocenters. The summed E-state index contributed by atoms with van der Waals surface area (Å²) in [6.45, 7) is 8.08. The van der Waals surface area contributed by atoms with Crippen molar-refractivity contribution in [3.8, 4) is 23.9 Å². The van der Waals surface area contributed by atoms with Crippen molar-refractivity contribution in [3.05, 3.63) is 97.1 Å². The topological polar surface area (TPSA) is 110 Å². The first kappa shape index (κ1) is 25.3. The first-order valence-corrected chi connectivity index (χ1v) is 13.7. The van der Waals surface area contributed by atoms with E-state index in [0.717, 1.165) is 15.8 Å². The number of hydrogen-bond donors (Lipinski definition) is 0. The van der Waals surface area contributed by atoms with Gasteiger partial charge in [0.05, 0.1) is 50.0 Å². The highest BCUT2D eigenvalue weighted by Crippen LogP contribution is 2.43. The molecule has 0 N–H and O–H groups in total. The third-order valence-electron chi connectivity index (χ3n) is 7.62. The number of hydrogen-bond acceptors (Lipinski definition) is 6. The van der Waals surface area contributed by atoms with Crippen molar-refractivity contribution >= 4 is 53.1 Å². The summed E-state index contributed by atoms with van der Waals surface area (Å²) >= 11 is 1.35. The number of nitrogens with zero attached hydrogens (tertiary/aromatic N) is 4. The lowest BCUT2D eigenvalue weighted by Gasteiger charge is -2.22. The van der Waals surface area contributed by atoms with E-state index >= 15 is 0 Å². The van der Waals surface area contributed by atoms with Crippen molar-refractivity contribution in [2.75, 3.05) is 0 Å². The number of fused-ring (bicyclic) bond motifs is 2. The molecule has 4 aromatic carbocycles. The van der Waals surface area contributed by atoms with Crippen molar-refractivity contribution in [1.82, 2.24) is 4.57 Å². The zero-order chi connectivity index (χ0) is 28.5. The van der Waals surface area contributed by atoms with Crippen LogP contribution in [0.15, 0.2) is 58.1 Å². The first-order chi connectivity index (χ1) is 19.2. The first-order valence-electron chi connectivity index (χ1n) is 12.9. The smallest absolute Gasteiger partial charge is 0.266 e. The van der Waals surface area contributed by atoms with E-state index in [0.29, 0.717) is 43.1 Å². The maximum atomic E-state index is 14.3. The van der Waals surface area contributed by atoms with E-state index in [1.54, 1.807) is 30.3 Å². The Morgan fingerprint density at radius 3 is 1.85 bits per heavy atom. The molecule has 6 nitrogen and oxygen atoms in total. The molecule has 40 heavy (non-hydrogen) atoms. The zero-order valence-corrected chi connectivity index (χ0v) is 23.1. The van der Waals surface area contributed by atoms with Crippen LogP contribution in [0.1, 0.15) is 67.3 Å². The van der Waals surface area contributed by atoms with Crippen LogP contribution in [0.5, 0.6) is 0 Å². The van der Waals surface area contributed by atoms with E-state index in [2.05, 4.69) is 18.2 Å². The molecule has 0 bridgehead atoms. The molecule has 2 aromatic heterocycles. The van der Waals surface area contributed by atoms with Crippen LogP contribution in [0.2, 0.25) is 0 Å². The minimum atomic E-state index is -0.493. The van der Waals surface area contributed by atoms with Crippen LogP contribution in [0.25, 0.3) is 47.4 Å². The molecule has 0 amide bonds. The highest BCUT2D eigenvalue weighted by Gasteiger charge is 2.26. The van der Waals surface area contributed by atoms with Gasteiger partial charge in [-0.25, -0.2) is 4.57 Å². The normalized spacial score (nSPS) is 11.6. The van der Waals surface area contributed by atoms with Crippen molar-refractivity contribution in [3.63, 3.8) is 0 Å². The Morgan fingerprint density at radius 2 is 1.30 bits per heavy atom. The second-order valence-corrected chi connectivity index (χ2v) is 11.6. The van der Waals surface area contributed by atoms with Gasteiger partial charge in [-0.2, -0.15) is 15.8 Å². The quantitative estimate of drug-likeness (QED) is 0.175. The summed E-state index contributed by atoms with van der Waals surface area (Å²) < 4.78 is 2.64. The molecule has 0 spiro atoms. The van der Waals surface area contributed by atoms with Crippen LogP contribution in [-0.2, 0) is 0 Å². The lowest BCUT2D eigenvalue weighted by Crippen LogP contribution is -2.34. The molecule has 0 aliphatic heterocycles. The summed E-state index contributed by atoms with van der Waals surface area (Å²) in [4.78, 5) is 28.7. The van der Waals surface area contributed by atoms with E-state index in [9.17, 15) is 25.4 Å². The number of pyridine rings is 1. The lowest BCUT2D eigenvalue weighted by molar-refractivity contribution is 0.792. The second-order valence-electron chi connectivity index (χ2n) is 10.6. The standard InChI is InChI=1S/C33H22N4O2S/c1-16(2)21-6-5-7-22(17(3)4)30(21)37-32(38)24-11-19(14-35)27-23-10-18(13-34)8-9-26(23)40-31-20(15-36)12-25(33(37)39)28(24)29(27)31/h5-12,16-17H,1-4H3. The van der Waals surface area contributed by atoms with Gasteiger partial charge in [0.25, 0.3) is 11.1 Å². The van der Waals surface area contributed by atoms with E-state index < -0.39 is 11.1 Å². The van der Waals surface area contributed by atoms with Crippen molar-refractivity contribution in [2.24, 2.45) is 0 Å². The highest BCUT2D eigenvalue weighted by atomic mass is 32.1. The zero-order valence-electron chi connectivity index (χ0n) is 22.3. The van der Waals surface area contributed by atoms with E-state index in [-0.39, 0.29) is 28.2 Å². The van der Waals surface area contributed by atoms with Gasteiger partial charge in [-0.1, -0.05) is 45.9 Å². The average molecular weight is 539 g/mol. The Kier molecular flexibility index (Phi) is 5.70. The molecule has 0 aliphatic rings. The summed E-state index contributed by atoms with van der Waals surface area (Å²) in [5.41, 5.74) is 2.31. The molecule has 6 rings (SSSR count). The maximum Gasteiger partial charge on any atom is 0.266 e. The van der Waals surface area contributed by atoms with Gasteiger partial charge in [-0.15, -0.1) is 11.3 Å². The van der Waals surface area contributed by atoms with Gasteiger partial charge in [0, 0.05) is 26.2 Å². The molecule has 0 aliphatic carbocycles. The van der Waals surface area contributed by atoms with Gasteiger partial charge in [-0.3, -0.25) is 9.59 Å². The Labute approximate surface area is 233 Å². The molecule has 192 valence electrons. The molecule has 0 radical (unpaired) electrons. The Morgan fingerprint density at radius 1 is 0.700 bits per heavy atom. The van der Waals surface area contributed by atoms with E-state index in [1.165, 1.54) is 15.9 Å². The number of benzene rings is 4. The molecular weight excluding hydrogens is 516 g/mol. The lowest BCUT2D eigenvalue weighted by atomic mass is 9.90. The SMILES string of the molecule is CC(C)c1cccc(C(C)C)c1-n1c(=O)c2cc(C#N)c3sc4ccc(C#N)cc4c4c(C#N)cc(c1=O)c2c34. The number of rotatable bonds is 3. The van der Waals surface area contributed by atoms with Gasteiger partial charge in [0.1, 0.15) is 6.07 Å². The van der Waals surface area contributed by atoms with Gasteiger partial charge in [0.2, 0.25) is 0 Å². The summed E-state index contributed by atoms with van der Waals surface area (Å²) in [5, 5.41) is 32.7. The average Bonchev–Trinajstić information content (AvgIpc) is 2.96. The fourth-order valence-electron chi connectivity index (χ4n) is 5.80. The predicted molar refractivity (Wildman–Crippen MR) is 160 cm³/mol. The van der Waals surface area contributed by atoms with Crippen molar-refractivity contribution in [1.29, 1.82) is 15.8 Å². The molecule has 0 unspecified atom stereocenters. The van der Waals surface area contributed by atoms with Crippen LogP contribution >= 0.6 is 11.3 Å². The molecule has 2 heterocycles. The van der Waals surface area contributed by atoms with Gasteiger partial charge in [-0.05, 0) is 53.3 Å². The Hall–Kier alpha value is -5.03. The second kappa shape index (κ2) is 9.02. The molecule has 0 saturated heterocycles. The number of nitriles is 3. The van der Waals surface area contributed by atoms with Crippen molar-refractivity contribution in [2.45, 2.75) is 39.5 Å². The number of para-hydroxylation sites is 1. The predicted octanol–water partition coefficient (Wildman–Crippen LogP) is 7.17. The summed E-state index contributed by atoms with van der Waals surface area (Å²) in [7, 11) is 0. The summed E-state index contributed by atoms with van der Waals surface area (Å²) in [6, 6.07) is 20.8. The maximum absolute atomic E-state index is 14.3. The third kappa shape index (κ3) is 3.37. The fourth-order valence-corrected chi connectivity index (χ4v) is 6.95. The summed E-state index contributed by atoms with van der Waals surface area (Å²) in [6.07, 6.45) is 0. The van der Waals surface area contributed by atoms with Gasteiger partial charge >= 0.3 is 0 Å². The fraction of sp³-hybridized carbons (Fsp3) is 0.182. The van der Waals surface area contributed by atoms with Crippen LogP contribution < -0.4 is 11.1 Å². The van der Waals surface area contributed by atoms with Crippen LogP contribution in [0.4, 0.5) is 0 Å². The van der Waals surface area contributed by atoms with Crippen molar-refractivity contribution < 1.29 is 0 Å². The number of aromatic nitrogens is 1. The molecule has 0 saturated carbocycles. The monoisotopic (exact) mass is 538 g/mol. The highest BCUT2D eigenvalue weighted by molar-refractivity contribution is 7.25. The Balaban J connectivity index is 1.94. The minimum absolute atomic E-state index is 0.0395. The Bertz CT molecular complexity index is 2250. The third-order valence-corrected chi connectivity index (χ3v) is 8.83.